The van der Waals surface area contributed by atoms with Crippen LogP contribution in [-0.2, 0) is 19.1 Å². The van der Waals surface area contributed by atoms with Crippen LogP contribution < -0.4 is 9.64 Å². The summed E-state index contributed by atoms with van der Waals surface area (Å²) < 4.78 is 10.5. The number of hydrogen-bond donors (Lipinski definition) is 0. The van der Waals surface area contributed by atoms with Gasteiger partial charge in [-0.05, 0) is 30.4 Å². The quantitative estimate of drug-likeness (QED) is 0.735. The van der Waals surface area contributed by atoms with Crippen molar-refractivity contribution in [2.45, 2.75) is 26.7 Å². The summed E-state index contributed by atoms with van der Waals surface area (Å²) in [4.78, 5) is 39.7. The lowest BCUT2D eigenvalue weighted by Gasteiger charge is -2.34. The fourth-order valence-corrected chi connectivity index (χ4v) is 3.77. The first kappa shape index (κ1) is 19.2. The molecule has 2 aliphatic heterocycles. The molecule has 1 aromatic carbocycles. The Kier molecular flexibility index (Phi) is 5.98. The predicted octanol–water partition coefficient (Wildman–Crippen LogP) is 1.85. The minimum Gasteiger partial charge on any atom is -0.482 e. The monoisotopic (exact) mass is 374 g/mol. The third kappa shape index (κ3) is 4.78. The normalized spacial score (nSPS) is 22.1. The highest BCUT2D eigenvalue weighted by Gasteiger charge is 2.27. The number of amides is 2. The van der Waals surface area contributed by atoms with Crippen molar-refractivity contribution in [3.8, 4) is 5.75 Å². The maximum Gasteiger partial charge on any atom is 0.308 e. The molecule has 1 fully saturated rings. The van der Waals surface area contributed by atoms with E-state index >= 15 is 0 Å². The zero-order valence-corrected chi connectivity index (χ0v) is 15.8. The maximum atomic E-state index is 12.3. The highest BCUT2D eigenvalue weighted by Crippen LogP contribution is 2.31. The first-order valence-corrected chi connectivity index (χ1v) is 9.39. The number of anilines is 1. The molecule has 2 amide bonds. The van der Waals surface area contributed by atoms with Gasteiger partial charge in [0.15, 0.2) is 13.2 Å². The summed E-state index contributed by atoms with van der Waals surface area (Å²) in [5.74, 6) is 0.692. The summed E-state index contributed by atoms with van der Waals surface area (Å²) in [7, 11) is 0. The van der Waals surface area contributed by atoms with Gasteiger partial charge in [-0.1, -0.05) is 26.0 Å². The van der Waals surface area contributed by atoms with Crippen LogP contribution in [0.25, 0.3) is 0 Å². The molecule has 2 aliphatic rings. The van der Waals surface area contributed by atoms with Gasteiger partial charge in [0.05, 0.1) is 12.1 Å². The molecule has 0 unspecified atom stereocenters. The van der Waals surface area contributed by atoms with Crippen LogP contribution in [0.4, 0.5) is 5.69 Å². The van der Waals surface area contributed by atoms with Crippen LogP contribution in [0, 0.1) is 11.8 Å². The minimum absolute atomic E-state index is 0.0279. The molecule has 0 N–H and O–H groups in total. The number of rotatable bonds is 5. The predicted molar refractivity (Wildman–Crippen MR) is 99.4 cm³/mol. The summed E-state index contributed by atoms with van der Waals surface area (Å²) in [6, 6.07) is 7.20. The van der Waals surface area contributed by atoms with E-state index in [0.717, 1.165) is 6.42 Å². The van der Waals surface area contributed by atoms with Crippen LogP contribution in [0.2, 0.25) is 0 Å². The largest absolute Gasteiger partial charge is 0.482 e. The molecule has 7 nitrogen and oxygen atoms in total. The topological polar surface area (TPSA) is 76.2 Å². The molecule has 2 atom stereocenters. The van der Waals surface area contributed by atoms with Crippen molar-refractivity contribution in [3.63, 3.8) is 0 Å². The van der Waals surface area contributed by atoms with Crippen molar-refractivity contribution in [3.05, 3.63) is 24.3 Å². The summed E-state index contributed by atoms with van der Waals surface area (Å²) in [6.45, 7) is 5.57. The molecule has 27 heavy (non-hydrogen) atoms. The smallest absolute Gasteiger partial charge is 0.308 e. The lowest BCUT2D eigenvalue weighted by Crippen LogP contribution is -2.44. The lowest BCUT2D eigenvalue weighted by atomic mass is 9.92. The number of hydrogen-bond acceptors (Lipinski definition) is 5. The van der Waals surface area contributed by atoms with Gasteiger partial charge in [-0.3, -0.25) is 14.4 Å². The van der Waals surface area contributed by atoms with Crippen molar-refractivity contribution in [2.24, 2.45) is 11.8 Å². The Bertz CT molecular complexity index is 710. The van der Waals surface area contributed by atoms with Gasteiger partial charge in [-0.25, -0.2) is 0 Å². The van der Waals surface area contributed by atoms with Gasteiger partial charge in [-0.15, -0.1) is 0 Å². The van der Waals surface area contributed by atoms with Gasteiger partial charge in [0, 0.05) is 19.6 Å². The minimum atomic E-state index is -0.488. The molecule has 3 rings (SSSR count). The van der Waals surface area contributed by atoms with Gasteiger partial charge >= 0.3 is 5.97 Å². The third-order valence-corrected chi connectivity index (χ3v) is 4.93. The van der Waals surface area contributed by atoms with Crippen LogP contribution in [0.3, 0.4) is 0 Å². The Labute approximate surface area is 159 Å². The second-order valence-corrected chi connectivity index (χ2v) is 7.46. The molecule has 0 saturated carbocycles. The third-order valence-electron chi connectivity index (χ3n) is 4.93. The molecular weight excluding hydrogens is 348 g/mol. The molecule has 0 aromatic heterocycles. The number of fused-ring (bicyclic) bond motifs is 1. The van der Waals surface area contributed by atoms with Gasteiger partial charge in [0.1, 0.15) is 5.75 Å². The number of piperidine rings is 1. The van der Waals surface area contributed by atoms with Gasteiger partial charge in [0.25, 0.3) is 11.8 Å². The molecule has 7 heteroatoms. The Balaban J connectivity index is 1.47. The average Bonchev–Trinajstić information content (AvgIpc) is 2.64. The zero-order chi connectivity index (χ0) is 19.4. The molecule has 0 radical (unpaired) electrons. The van der Waals surface area contributed by atoms with E-state index in [0.29, 0.717) is 36.4 Å². The fourth-order valence-electron chi connectivity index (χ4n) is 3.77. The van der Waals surface area contributed by atoms with Crippen molar-refractivity contribution in [1.82, 2.24) is 4.90 Å². The molecule has 146 valence electrons. The summed E-state index contributed by atoms with van der Waals surface area (Å²) in [5, 5.41) is 0. The Hall–Kier alpha value is -2.57. The van der Waals surface area contributed by atoms with Crippen molar-refractivity contribution >= 4 is 23.5 Å². The number of carbonyl (C=O) groups is 3. The standard InChI is InChI=1S/C20H26N2O5/c1-14-9-15(2)11-21(10-14)18(23)12-27-20(25)7-8-22-16-5-3-4-6-17(16)26-13-19(22)24/h3-6,14-15H,7-13H2,1-2H3/t14-,15+. The number of esters is 1. The van der Waals surface area contributed by atoms with E-state index in [9.17, 15) is 14.4 Å². The Morgan fingerprint density at radius 3 is 2.63 bits per heavy atom. The van der Waals surface area contributed by atoms with Gasteiger partial charge in [-0.2, -0.15) is 0 Å². The SMILES string of the molecule is C[C@@H]1C[C@H](C)CN(C(=O)COC(=O)CCN2C(=O)COc3ccccc32)C1. The van der Waals surface area contributed by atoms with Crippen molar-refractivity contribution < 1.29 is 23.9 Å². The molecular formula is C20H26N2O5. The number of benzene rings is 1. The van der Waals surface area contributed by atoms with E-state index in [4.69, 9.17) is 9.47 Å². The highest BCUT2D eigenvalue weighted by molar-refractivity contribution is 5.98. The lowest BCUT2D eigenvalue weighted by molar-refractivity contribution is -0.153. The van der Waals surface area contributed by atoms with Crippen LogP contribution in [0.1, 0.15) is 26.7 Å². The number of ether oxygens (including phenoxy) is 2. The van der Waals surface area contributed by atoms with E-state index < -0.39 is 5.97 Å². The van der Waals surface area contributed by atoms with Crippen LogP contribution in [-0.4, -0.2) is 55.5 Å². The number of carbonyl (C=O) groups excluding carboxylic acids is 3. The van der Waals surface area contributed by atoms with Gasteiger partial charge in [0.2, 0.25) is 0 Å². The first-order chi connectivity index (χ1) is 12.9. The average molecular weight is 374 g/mol. The van der Waals surface area contributed by atoms with Crippen LogP contribution in [0.5, 0.6) is 5.75 Å². The Morgan fingerprint density at radius 2 is 1.89 bits per heavy atom. The van der Waals surface area contributed by atoms with E-state index in [1.807, 2.05) is 12.1 Å². The zero-order valence-electron chi connectivity index (χ0n) is 15.8. The van der Waals surface area contributed by atoms with E-state index in [1.165, 1.54) is 4.90 Å². The molecule has 0 bridgehead atoms. The van der Waals surface area contributed by atoms with E-state index in [-0.39, 0.29) is 38.0 Å². The summed E-state index contributed by atoms with van der Waals surface area (Å²) in [5.41, 5.74) is 0.647. The second-order valence-electron chi connectivity index (χ2n) is 7.46. The van der Waals surface area contributed by atoms with Crippen molar-refractivity contribution in [1.29, 1.82) is 0 Å². The molecule has 0 aliphatic carbocycles. The van der Waals surface area contributed by atoms with Gasteiger partial charge < -0.3 is 19.3 Å². The maximum absolute atomic E-state index is 12.3. The molecule has 1 aromatic rings. The Morgan fingerprint density at radius 1 is 1.19 bits per heavy atom. The van der Waals surface area contributed by atoms with Crippen LogP contribution in [0.15, 0.2) is 24.3 Å². The summed E-state index contributed by atoms with van der Waals surface area (Å²) >= 11 is 0. The molecule has 1 saturated heterocycles. The second kappa shape index (κ2) is 8.41. The summed E-state index contributed by atoms with van der Waals surface area (Å²) in [6.07, 6.45) is 1.14. The van der Waals surface area contributed by atoms with Crippen LogP contribution >= 0.6 is 0 Å². The molecule has 2 heterocycles. The molecule has 0 spiro atoms. The van der Waals surface area contributed by atoms with Crippen molar-refractivity contribution in [2.75, 3.05) is 37.7 Å². The van der Waals surface area contributed by atoms with E-state index in [1.54, 1.807) is 17.0 Å². The fraction of sp³-hybridized carbons (Fsp3) is 0.550. The highest BCUT2D eigenvalue weighted by atomic mass is 16.5. The van der Waals surface area contributed by atoms with E-state index in [2.05, 4.69) is 13.8 Å². The number of nitrogens with zero attached hydrogens (tertiary/aromatic N) is 2. The number of likely N-dealkylation sites (tertiary alicyclic amines) is 1. The number of para-hydroxylation sites is 2. The first-order valence-electron chi connectivity index (χ1n) is 9.39.